The second-order valence-corrected chi connectivity index (χ2v) is 4.42. The highest BCUT2D eigenvalue weighted by atomic mass is 19.1. The average molecular weight is 271 g/mol. The fourth-order valence-corrected chi connectivity index (χ4v) is 1.85. The normalized spacial score (nSPS) is 11.7. The van der Waals surface area contributed by atoms with Gasteiger partial charge in [-0.3, -0.25) is 0 Å². The van der Waals surface area contributed by atoms with Crippen molar-refractivity contribution in [2.45, 2.75) is 19.6 Å². The lowest BCUT2D eigenvalue weighted by Gasteiger charge is -2.13. The van der Waals surface area contributed by atoms with Gasteiger partial charge >= 0.3 is 0 Å². The van der Waals surface area contributed by atoms with Gasteiger partial charge < -0.3 is 9.84 Å². The summed E-state index contributed by atoms with van der Waals surface area (Å²) >= 11 is 0. The molecule has 0 saturated carbocycles. The molecule has 2 aromatic carbocycles. The molecule has 4 heteroatoms. The fraction of sp³-hybridized carbons (Fsp3) is 0.188. The Morgan fingerprint density at radius 2 is 2.05 bits per heavy atom. The van der Waals surface area contributed by atoms with Crippen molar-refractivity contribution in [1.29, 1.82) is 5.26 Å². The van der Waals surface area contributed by atoms with Crippen molar-refractivity contribution >= 4 is 0 Å². The van der Waals surface area contributed by atoms with Crippen LogP contribution in [-0.4, -0.2) is 5.11 Å². The summed E-state index contributed by atoms with van der Waals surface area (Å²) in [6.07, 6.45) is -0.656. The van der Waals surface area contributed by atoms with Crippen molar-refractivity contribution in [2.24, 2.45) is 0 Å². The molecule has 0 aliphatic rings. The fourth-order valence-electron chi connectivity index (χ4n) is 1.85. The number of nitriles is 1. The minimum absolute atomic E-state index is 0.0429. The van der Waals surface area contributed by atoms with Crippen LogP contribution < -0.4 is 4.74 Å². The number of benzene rings is 2. The SMILES string of the molecule is CC(O)c1ccccc1OCc1ccc(C#N)cc1F. The summed E-state index contributed by atoms with van der Waals surface area (Å²) in [7, 11) is 0. The lowest BCUT2D eigenvalue weighted by Crippen LogP contribution is -2.02. The summed E-state index contributed by atoms with van der Waals surface area (Å²) in [5, 5.41) is 18.3. The molecule has 0 aromatic heterocycles. The van der Waals surface area contributed by atoms with E-state index in [0.29, 0.717) is 16.9 Å². The maximum atomic E-state index is 13.7. The van der Waals surface area contributed by atoms with E-state index in [2.05, 4.69) is 0 Å². The van der Waals surface area contributed by atoms with Crippen LogP contribution >= 0.6 is 0 Å². The van der Waals surface area contributed by atoms with Gasteiger partial charge in [0.15, 0.2) is 0 Å². The van der Waals surface area contributed by atoms with E-state index in [4.69, 9.17) is 10.00 Å². The number of aliphatic hydroxyl groups excluding tert-OH is 1. The van der Waals surface area contributed by atoms with Gasteiger partial charge in [-0.15, -0.1) is 0 Å². The van der Waals surface area contributed by atoms with Gasteiger partial charge in [0.05, 0.1) is 17.7 Å². The molecule has 0 aliphatic heterocycles. The molecular formula is C16H14FNO2. The van der Waals surface area contributed by atoms with Crippen LogP contribution in [0, 0.1) is 17.1 Å². The maximum absolute atomic E-state index is 13.7. The van der Waals surface area contributed by atoms with Crippen molar-refractivity contribution in [3.63, 3.8) is 0 Å². The molecule has 0 fully saturated rings. The number of hydrogen-bond acceptors (Lipinski definition) is 3. The Kier molecular flexibility index (Phi) is 4.34. The van der Waals surface area contributed by atoms with Gasteiger partial charge in [0.1, 0.15) is 18.2 Å². The lowest BCUT2D eigenvalue weighted by atomic mass is 10.1. The molecule has 20 heavy (non-hydrogen) atoms. The molecular weight excluding hydrogens is 257 g/mol. The van der Waals surface area contributed by atoms with Crippen LogP contribution in [0.1, 0.15) is 29.7 Å². The van der Waals surface area contributed by atoms with Gasteiger partial charge in [0.25, 0.3) is 0 Å². The van der Waals surface area contributed by atoms with E-state index in [-0.39, 0.29) is 12.2 Å². The van der Waals surface area contributed by atoms with E-state index in [9.17, 15) is 9.50 Å². The van der Waals surface area contributed by atoms with Crippen LogP contribution in [0.2, 0.25) is 0 Å². The van der Waals surface area contributed by atoms with Crippen LogP contribution in [0.4, 0.5) is 4.39 Å². The molecule has 0 radical (unpaired) electrons. The highest BCUT2D eigenvalue weighted by molar-refractivity contribution is 5.36. The average Bonchev–Trinajstić information content (AvgIpc) is 2.46. The lowest BCUT2D eigenvalue weighted by molar-refractivity contribution is 0.190. The predicted octanol–water partition coefficient (Wildman–Crippen LogP) is 3.33. The number of rotatable bonds is 4. The minimum Gasteiger partial charge on any atom is -0.488 e. The predicted molar refractivity (Wildman–Crippen MR) is 72.5 cm³/mol. The Morgan fingerprint density at radius 3 is 2.70 bits per heavy atom. The van der Waals surface area contributed by atoms with Gasteiger partial charge in [-0.25, -0.2) is 4.39 Å². The summed E-state index contributed by atoms with van der Waals surface area (Å²) in [5.41, 5.74) is 1.29. The number of ether oxygens (including phenoxy) is 1. The van der Waals surface area contributed by atoms with Crippen LogP contribution in [0.5, 0.6) is 5.75 Å². The number of nitrogens with zero attached hydrogens (tertiary/aromatic N) is 1. The van der Waals surface area contributed by atoms with E-state index in [0.717, 1.165) is 0 Å². The Balaban J connectivity index is 2.15. The van der Waals surface area contributed by atoms with Crippen molar-refractivity contribution < 1.29 is 14.2 Å². The van der Waals surface area contributed by atoms with Crippen LogP contribution in [0.25, 0.3) is 0 Å². The minimum atomic E-state index is -0.656. The van der Waals surface area contributed by atoms with E-state index < -0.39 is 11.9 Å². The van der Waals surface area contributed by atoms with E-state index >= 15 is 0 Å². The molecule has 2 rings (SSSR count). The number of hydrogen-bond donors (Lipinski definition) is 1. The first-order chi connectivity index (χ1) is 9.61. The highest BCUT2D eigenvalue weighted by Gasteiger charge is 2.10. The van der Waals surface area contributed by atoms with Gasteiger partial charge in [-0.1, -0.05) is 24.3 Å². The number of halogens is 1. The molecule has 1 atom stereocenters. The standard InChI is InChI=1S/C16H14FNO2/c1-11(19)14-4-2-3-5-16(14)20-10-13-7-6-12(9-18)8-15(13)17/h2-8,11,19H,10H2,1H3. The Hall–Kier alpha value is -2.38. The molecule has 0 amide bonds. The van der Waals surface area contributed by atoms with Crippen molar-refractivity contribution in [1.82, 2.24) is 0 Å². The summed E-state index contributed by atoms with van der Waals surface area (Å²) in [4.78, 5) is 0. The second-order valence-electron chi connectivity index (χ2n) is 4.42. The largest absolute Gasteiger partial charge is 0.488 e. The van der Waals surface area contributed by atoms with Crippen molar-refractivity contribution in [3.8, 4) is 11.8 Å². The summed E-state index contributed by atoms with van der Waals surface area (Å²) in [5.74, 6) is 0.0461. The van der Waals surface area contributed by atoms with Crippen LogP contribution in [0.3, 0.4) is 0 Å². The van der Waals surface area contributed by atoms with Gasteiger partial charge in [-0.05, 0) is 25.1 Å². The third-order valence-corrected chi connectivity index (χ3v) is 2.93. The number of aliphatic hydroxyl groups is 1. The quantitative estimate of drug-likeness (QED) is 0.928. The van der Waals surface area contributed by atoms with Gasteiger partial charge in [0.2, 0.25) is 0 Å². The molecule has 0 bridgehead atoms. The molecule has 0 heterocycles. The Labute approximate surface area is 116 Å². The molecule has 0 spiro atoms. The molecule has 3 nitrogen and oxygen atoms in total. The molecule has 102 valence electrons. The van der Waals surface area contributed by atoms with E-state index in [1.807, 2.05) is 6.07 Å². The topological polar surface area (TPSA) is 53.2 Å². The Bertz CT molecular complexity index is 647. The van der Waals surface area contributed by atoms with Crippen LogP contribution in [0.15, 0.2) is 42.5 Å². The van der Waals surface area contributed by atoms with Crippen molar-refractivity contribution in [2.75, 3.05) is 0 Å². The second kappa shape index (κ2) is 6.18. The third-order valence-electron chi connectivity index (χ3n) is 2.93. The van der Waals surface area contributed by atoms with E-state index in [1.165, 1.54) is 12.1 Å². The van der Waals surface area contributed by atoms with Gasteiger partial charge in [-0.2, -0.15) is 5.26 Å². The third kappa shape index (κ3) is 3.14. The zero-order valence-corrected chi connectivity index (χ0v) is 11.0. The van der Waals surface area contributed by atoms with E-state index in [1.54, 1.807) is 37.3 Å². The molecule has 0 aliphatic carbocycles. The first-order valence-corrected chi connectivity index (χ1v) is 6.20. The molecule has 1 unspecified atom stereocenters. The first-order valence-electron chi connectivity index (χ1n) is 6.20. The monoisotopic (exact) mass is 271 g/mol. The van der Waals surface area contributed by atoms with Gasteiger partial charge in [0, 0.05) is 11.1 Å². The van der Waals surface area contributed by atoms with Crippen molar-refractivity contribution in [3.05, 3.63) is 65.0 Å². The highest BCUT2D eigenvalue weighted by Crippen LogP contribution is 2.25. The Morgan fingerprint density at radius 1 is 1.30 bits per heavy atom. The zero-order chi connectivity index (χ0) is 14.5. The smallest absolute Gasteiger partial charge is 0.131 e. The maximum Gasteiger partial charge on any atom is 0.131 e. The zero-order valence-electron chi connectivity index (χ0n) is 11.0. The first kappa shape index (κ1) is 14.0. The molecule has 2 aromatic rings. The number of para-hydroxylation sites is 1. The molecule has 1 N–H and O–H groups in total. The summed E-state index contributed by atoms with van der Waals surface area (Å²) in [6, 6.07) is 13.2. The summed E-state index contributed by atoms with van der Waals surface area (Å²) < 4.78 is 19.3. The van der Waals surface area contributed by atoms with Crippen LogP contribution in [-0.2, 0) is 6.61 Å². The molecule has 0 saturated heterocycles. The summed E-state index contributed by atoms with van der Waals surface area (Å²) in [6.45, 7) is 1.69.